The quantitative estimate of drug-likeness (QED) is 0.937. The number of aromatic nitrogens is 2. The predicted octanol–water partition coefficient (Wildman–Crippen LogP) is 2.62. The molecular weight excluding hydrogens is 304 g/mol. The molecule has 1 aromatic heterocycles. The van der Waals surface area contributed by atoms with E-state index in [4.69, 9.17) is 4.74 Å². The van der Waals surface area contributed by atoms with E-state index >= 15 is 0 Å². The number of morpholine rings is 1. The number of hydrogen-bond donors (Lipinski definition) is 1. The molecule has 2 bridgehead atoms. The van der Waals surface area contributed by atoms with E-state index in [2.05, 4.69) is 35.1 Å². The lowest BCUT2D eigenvalue weighted by Gasteiger charge is -2.29. The van der Waals surface area contributed by atoms with Gasteiger partial charge in [-0.25, -0.2) is 9.78 Å². The molecule has 0 radical (unpaired) electrons. The van der Waals surface area contributed by atoms with Gasteiger partial charge in [0.05, 0.1) is 30.0 Å². The second-order valence-corrected chi connectivity index (χ2v) is 7.17. The number of ether oxygens (including phenoxy) is 1. The summed E-state index contributed by atoms with van der Waals surface area (Å²) in [6.45, 7) is 6.69. The maximum Gasteiger partial charge on any atom is 0.327 e. The third kappa shape index (κ3) is 2.65. The van der Waals surface area contributed by atoms with Gasteiger partial charge in [0.2, 0.25) is 0 Å². The van der Waals surface area contributed by atoms with Gasteiger partial charge in [0.1, 0.15) is 11.8 Å². The number of imidazole rings is 1. The molecule has 0 unspecified atom stereocenters. The molecule has 0 saturated carbocycles. The third-order valence-corrected chi connectivity index (χ3v) is 4.98. The number of benzene rings is 1. The average Bonchev–Trinajstić information content (AvgIpc) is 3.28. The zero-order valence-corrected chi connectivity index (χ0v) is 14.2. The molecule has 2 saturated heterocycles. The highest BCUT2D eigenvalue weighted by atomic mass is 16.5. The first-order valence-electron chi connectivity index (χ1n) is 8.76. The topological polar surface area (TPSA) is 59.4 Å². The standard InChI is InChI=1S/C18H24N4O2/c1-12(2)6-7-19-18(23)22-11-20-17-15(4-3-5-16(17)22)21-9-14-8-13(21)10-24-14/h3-5,11-14H,6-10H2,1-2H3,(H,19,23)/t13-,14-/m1/s1. The Labute approximate surface area is 141 Å². The number of carbonyl (C=O) groups is 1. The van der Waals surface area contributed by atoms with Crippen molar-refractivity contribution in [1.29, 1.82) is 0 Å². The van der Waals surface area contributed by atoms with E-state index < -0.39 is 0 Å². The highest BCUT2D eigenvalue weighted by molar-refractivity contribution is 5.95. The number of hydrogen-bond acceptors (Lipinski definition) is 4. The van der Waals surface area contributed by atoms with Crippen LogP contribution in [-0.2, 0) is 4.74 Å². The van der Waals surface area contributed by atoms with Crippen LogP contribution < -0.4 is 10.2 Å². The fourth-order valence-electron chi connectivity index (χ4n) is 3.67. The first-order valence-corrected chi connectivity index (χ1v) is 8.76. The fraction of sp³-hybridized carbons (Fsp3) is 0.556. The molecule has 2 fully saturated rings. The van der Waals surface area contributed by atoms with E-state index in [-0.39, 0.29) is 6.03 Å². The molecule has 1 amide bonds. The summed E-state index contributed by atoms with van der Waals surface area (Å²) in [5.74, 6) is 0.573. The summed E-state index contributed by atoms with van der Waals surface area (Å²) < 4.78 is 7.31. The Morgan fingerprint density at radius 2 is 2.33 bits per heavy atom. The number of carbonyl (C=O) groups excluding carboxylic acids is 1. The predicted molar refractivity (Wildman–Crippen MR) is 93.5 cm³/mol. The van der Waals surface area contributed by atoms with Gasteiger partial charge in [0, 0.05) is 13.1 Å². The van der Waals surface area contributed by atoms with Crippen molar-refractivity contribution in [3.63, 3.8) is 0 Å². The zero-order chi connectivity index (χ0) is 16.7. The van der Waals surface area contributed by atoms with Crippen LogP contribution in [0.1, 0.15) is 26.7 Å². The summed E-state index contributed by atoms with van der Waals surface area (Å²) in [7, 11) is 0. The maximum absolute atomic E-state index is 12.4. The zero-order valence-electron chi connectivity index (χ0n) is 14.2. The van der Waals surface area contributed by atoms with Gasteiger partial charge >= 0.3 is 6.03 Å². The smallest absolute Gasteiger partial charge is 0.327 e. The molecule has 2 aromatic rings. The molecule has 4 rings (SSSR count). The molecule has 6 heteroatoms. The van der Waals surface area contributed by atoms with E-state index in [1.807, 2.05) is 12.1 Å². The first kappa shape index (κ1) is 15.4. The summed E-state index contributed by atoms with van der Waals surface area (Å²) in [5.41, 5.74) is 2.86. The van der Waals surface area contributed by atoms with Crippen LogP contribution in [0.25, 0.3) is 11.0 Å². The van der Waals surface area contributed by atoms with E-state index in [1.165, 1.54) is 0 Å². The van der Waals surface area contributed by atoms with Crippen LogP contribution in [0.15, 0.2) is 24.5 Å². The van der Waals surface area contributed by atoms with Crippen molar-refractivity contribution in [3.8, 4) is 0 Å². The van der Waals surface area contributed by atoms with Crippen molar-refractivity contribution in [2.75, 3.05) is 24.6 Å². The molecule has 2 atom stereocenters. The van der Waals surface area contributed by atoms with Gasteiger partial charge in [-0.1, -0.05) is 19.9 Å². The summed E-state index contributed by atoms with van der Waals surface area (Å²) in [4.78, 5) is 19.3. The Kier molecular flexibility index (Phi) is 3.92. The van der Waals surface area contributed by atoms with Gasteiger partial charge in [-0.05, 0) is 30.9 Å². The third-order valence-electron chi connectivity index (χ3n) is 4.98. The molecule has 1 aromatic carbocycles. The van der Waals surface area contributed by atoms with Crippen LogP contribution in [-0.4, -0.2) is 47.4 Å². The average molecular weight is 328 g/mol. The normalized spacial score (nSPS) is 22.7. The number of nitrogens with zero attached hydrogens (tertiary/aromatic N) is 3. The lowest BCUT2D eigenvalue weighted by Crippen LogP contribution is -2.37. The number of fused-ring (bicyclic) bond motifs is 3. The first-order chi connectivity index (χ1) is 11.6. The largest absolute Gasteiger partial charge is 0.374 e. The Balaban J connectivity index is 1.58. The summed E-state index contributed by atoms with van der Waals surface area (Å²) >= 11 is 0. The minimum absolute atomic E-state index is 0.110. The van der Waals surface area contributed by atoms with Crippen LogP contribution in [0.2, 0.25) is 0 Å². The number of anilines is 1. The maximum atomic E-state index is 12.4. The molecule has 24 heavy (non-hydrogen) atoms. The Morgan fingerprint density at radius 1 is 1.46 bits per heavy atom. The molecule has 2 aliphatic heterocycles. The number of nitrogens with one attached hydrogen (secondary N) is 1. The van der Waals surface area contributed by atoms with E-state index in [1.54, 1.807) is 10.9 Å². The molecule has 0 spiro atoms. The van der Waals surface area contributed by atoms with Gasteiger partial charge in [-0.2, -0.15) is 0 Å². The van der Waals surface area contributed by atoms with Crippen molar-refractivity contribution in [2.45, 2.75) is 38.8 Å². The van der Waals surface area contributed by atoms with Crippen LogP contribution in [0.5, 0.6) is 0 Å². The van der Waals surface area contributed by atoms with Crippen molar-refractivity contribution in [1.82, 2.24) is 14.9 Å². The van der Waals surface area contributed by atoms with Crippen molar-refractivity contribution >= 4 is 22.8 Å². The van der Waals surface area contributed by atoms with Gasteiger partial charge in [-0.3, -0.25) is 4.57 Å². The minimum atomic E-state index is -0.110. The summed E-state index contributed by atoms with van der Waals surface area (Å²) in [6.07, 6.45) is 4.03. The number of amides is 1. The van der Waals surface area contributed by atoms with Crippen molar-refractivity contribution < 1.29 is 9.53 Å². The van der Waals surface area contributed by atoms with E-state index in [9.17, 15) is 4.79 Å². The van der Waals surface area contributed by atoms with Crippen LogP contribution >= 0.6 is 0 Å². The lowest BCUT2D eigenvalue weighted by atomic mass is 10.1. The molecule has 1 N–H and O–H groups in total. The number of para-hydroxylation sites is 1. The molecule has 6 nitrogen and oxygen atoms in total. The highest BCUT2D eigenvalue weighted by Crippen LogP contribution is 2.35. The SMILES string of the molecule is CC(C)CCNC(=O)n1cnc2c(N3C[C@H]4C[C@@H]3CO4)cccc21. The van der Waals surface area contributed by atoms with Gasteiger partial charge < -0.3 is 15.0 Å². The lowest BCUT2D eigenvalue weighted by molar-refractivity contribution is 0.0992. The van der Waals surface area contributed by atoms with Crippen molar-refractivity contribution in [2.24, 2.45) is 5.92 Å². The summed E-state index contributed by atoms with van der Waals surface area (Å²) in [5, 5.41) is 2.97. The summed E-state index contributed by atoms with van der Waals surface area (Å²) in [6, 6.07) is 6.38. The van der Waals surface area contributed by atoms with Gasteiger partial charge in [0.15, 0.2) is 0 Å². The van der Waals surface area contributed by atoms with E-state index in [0.717, 1.165) is 42.7 Å². The highest BCUT2D eigenvalue weighted by Gasteiger charge is 2.39. The molecule has 2 aliphatic rings. The molecule has 0 aliphatic carbocycles. The number of rotatable bonds is 4. The van der Waals surface area contributed by atoms with Gasteiger partial charge in [0.25, 0.3) is 0 Å². The molecular formula is C18H24N4O2. The minimum Gasteiger partial charge on any atom is -0.374 e. The van der Waals surface area contributed by atoms with Gasteiger partial charge in [-0.15, -0.1) is 0 Å². The Hall–Kier alpha value is -2.08. The molecule has 3 heterocycles. The van der Waals surface area contributed by atoms with Crippen molar-refractivity contribution in [3.05, 3.63) is 24.5 Å². The van der Waals surface area contributed by atoms with Crippen LogP contribution in [0.4, 0.5) is 10.5 Å². The second kappa shape index (κ2) is 6.09. The van der Waals surface area contributed by atoms with Crippen LogP contribution in [0, 0.1) is 5.92 Å². The Morgan fingerprint density at radius 3 is 3.04 bits per heavy atom. The molecule has 128 valence electrons. The second-order valence-electron chi connectivity index (χ2n) is 7.17. The fourth-order valence-corrected chi connectivity index (χ4v) is 3.67. The monoisotopic (exact) mass is 328 g/mol. The van der Waals surface area contributed by atoms with E-state index in [0.29, 0.717) is 24.6 Å². The van der Waals surface area contributed by atoms with Crippen LogP contribution in [0.3, 0.4) is 0 Å². The Bertz CT molecular complexity index is 755.